The normalized spacial score (nSPS) is 9.96. The Morgan fingerprint density at radius 1 is 0.800 bits per heavy atom. The number of aromatic nitrogens is 3. The molecule has 25 heavy (non-hydrogen) atoms. The van der Waals surface area contributed by atoms with Crippen LogP contribution in [0, 0.1) is 0 Å². The molecule has 3 heteroatoms. The zero-order valence-electron chi connectivity index (χ0n) is 14.3. The van der Waals surface area contributed by atoms with Crippen LogP contribution in [-0.2, 0) is 6.42 Å². The molecule has 0 unspecified atom stereocenters. The van der Waals surface area contributed by atoms with Gasteiger partial charge in [-0.05, 0) is 24.1 Å². The predicted molar refractivity (Wildman–Crippen MR) is 103 cm³/mol. The summed E-state index contributed by atoms with van der Waals surface area (Å²) in [6.45, 7) is 2.16. The van der Waals surface area contributed by atoms with Crippen molar-refractivity contribution in [3.63, 3.8) is 0 Å². The molecule has 0 amide bonds. The summed E-state index contributed by atoms with van der Waals surface area (Å²) in [6, 6.07) is 26.6. The van der Waals surface area contributed by atoms with Gasteiger partial charge in [-0.1, -0.05) is 73.7 Å². The van der Waals surface area contributed by atoms with Gasteiger partial charge in [0.05, 0.1) is 5.69 Å². The standard InChI is InChI=1S/C14H11N3.C8H10/c1-2-5-12(6-3-1)13-7-4-8-14(16-13)17-10-9-15-11-17;1-2-8-6-4-3-5-7-8/h1-11H;3-7H,2H2,1H3. The van der Waals surface area contributed by atoms with Crippen molar-refractivity contribution in [1.29, 1.82) is 0 Å². The highest BCUT2D eigenvalue weighted by atomic mass is 15.1. The molecular weight excluding hydrogens is 306 g/mol. The molecule has 0 bridgehead atoms. The molecule has 0 fully saturated rings. The van der Waals surface area contributed by atoms with E-state index in [0.29, 0.717) is 0 Å². The van der Waals surface area contributed by atoms with Crippen LogP contribution in [0.5, 0.6) is 0 Å². The van der Waals surface area contributed by atoms with Crippen LogP contribution in [0.15, 0.2) is 97.6 Å². The van der Waals surface area contributed by atoms with Gasteiger partial charge < -0.3 is 0 Å². The van der Waals surface area contributed by atoms with Crippen molar-refractivity contribution in [2.24, 2.45) is 0 Å². The Morgan fingerprint density at radius 3 is 2.12 bits per heavy atom. The maximum atomic E-state index is 4.61. The molecule has 2 aromatic carbocycles. The largest absolute Gasteiger partial charge is 0.291 e. The number of hydrogen-bond donors (Lipinski definition) is 0. The van der Waals surface area contributed by atoms with E-state index in [0.717, 1.165) is 23.5 Å². The first kappa shape index (κ1) is 16.7. The molecule has 0 radical (unpaired) electrons. The minimum absolute atomic E-state index is 0.879. The molecule has 0 N–H and O–H groups in total. The summed E-state index contributed by atoms with van der Waals surface area (Å²) in [6.07, 6.45) is 6.52. The van der Waals surface area contributed by atoms with Crippen molar-refractivity contribution in [3.8, 4) is 17.1 Å². The van der Waals surface area contributed by atoms with Crippen molar-refractivity contribution in [1.82, 2.24) is 14.5 Å². The van der Waals surface area contributed by atoms with Crippen LogP contribution in [0.3, 0.4) is 0 Å². The SMILES string of the molecule is CCc1ccccc1.c1ccc(-c2cccc(-n3ccnc3)n2)cc1. The second-order valence-electron chi connectivity index (χ2n) is 5.56. The summed E-state index contributed by atoms with van der Waals surface area (Å²) in [5.74, 6) is 0.879. The van der Waals surface area contributed by atoms with Crippen molar-refractivity contribution in [2.75, 3.05) is 0 Å². The predicted octanol–water partition coefficient (Wildman–Crippen LogP) is 5.18. The third-order valence-electron chi connectivity index (χ3n) is 3.82. The smallest absolute Gasteiger partial charge is 0.138 e. The van der Waals surface area contributed by atoms with E-state index in [1.54, 1.807) is 12.5 Å². The zero-order valence-corrected chi connectivity index (χ0v) is 14.3. The van der Waals surface area contributed by atoms with Gasteiger partial charge in [0.1, 0.15) is 12.1 Å². The molecule has 4 aromatic rings. The lowest BCUT2D eigenvalue weighted by molar-refractivity contribution is 0.996. The summed E-state index contributed by atoms with van der Waals surface area (Å²) >= 11 is 0. The lowest BCUT2D eigenvalue weighted by Crippen LogP contribution is -1.95. The van der Waals surface area contributed by atoms with Gasteiger partial charge in [0.15, 0.2) is 0 Å². The molecule has 4 rings (SSSR count). The van der Waals surface area contributed by atoms with Crippen LogP contribution in [0.4, 0.5) is 0 Å². The molecule has 0 atom stereocenters. The van der Waals surface area contributed by atoms with E-state index in [2.05, 4.69) is 53.3 Å². The number of nitrogens with zero attached hydrogens (tertiary/aromatic N) is 3. The van der Waals surface area contributed by atoms with E-state index in [4.69, 9.17) is 0 Å². The van der Waals surface area contributed by atoms with E-state index in [-0.39, 0.29) is 0 Å². The third kappa shape index (κ3) is 4.64. The van der Waals surface area contributed by atoms with Crippen molar-refractivity contribution in [2.45, 2.75) is 13.3 Å². The van der Waals surface area contributed by atoms with Gasteiger partial charge in [0, 0.05) is 18.0 Å². The van der Waals surface area contributed by atoms with Gasteiger partial charge in [0.25, 0.3) is 0 Å². The van der Waals surface area contributed by atoms with E-state index in [9.17, 15) is 0 Å². The molecule has 0 saturated carbocycles. The number of imidazole rings is 1. The lowest BCUT2D eigenvalue weighted by atomic mass is 10.1. The molecule has 0 aliphatic carbocycles. The van der Waals surface area contributed by atoms with Gasteiger partial charge in [-0.15, -0.1) is 0 Å². The zero-order chi connectivity index (χ0) is 17.3. The van der Waals surface area contributed by atoms with Gasteiger partial charge in [-0.3, -0.25) is 4.57 Å². The number of rotatable bonds is 3. The first-order valence-electron chi connectivity index (χ1n) is 8.41. The summed E-state index contributed by atoms with van der Waals surface area (Å²) < 4.78 is 1.90. The van der Waals surface area contributed by atoms with Crippen molar-refractivity contribution in [3.05, 3.63) is 103 Å². The second kappa shape index (κ2) is 8.60. The second-order valence-corrected chi connectivity index (χ2v) is 5.56. The number of hydrogen-bond acceptors (Lipinski definition) is 2. The van der Waals surface area contributed by atoms with Crippen LogP contribution in [0.1, 0.15) is 12.5 Å². The Hall–Kier alpha value is -3.20. The van der Waals surface area contributed by atoms with Gasteiger partial charge >= 0.3 is 0 Å². The Kier molecular flexibility index (Phi) is 5.73. The highest BCUT2D eigenvalue weighted by molar-refractivity contribution is 5.59. The monoisotopic (exact) mass is 327 g/mol. The van der Waals surface area contributed by atoms with E-state index < -0.39 is 0 Å². The average Bonchev–Trinajstić information content (AvgIpc) is 3.25. The van der Waals surface area contributed by atoms with Gasteiger partial charge in [0.2, 0.25) is 0 Å². The first-order valence-corrected chi connectivity index (χ1v) is 8.41. The molecule has 3 nitrogen and oxygen atoms in total. The lowest BCUT2D eigenvalue weighted by Gasteiger charge is -2.04. The van der Waals surface area contributed by atoms with Crippen LogP contribution in [0.25, 0.3) is 17.1 Å². The van der Waals surface area contributed by atoms with E-state index in [1.165, 1.54) is 5.56 Å². The number of aryl methyl sites for hydroxylation is 1. The van der Waals surface area contributed by atoms with Crippen LogP contribution >= 0.6 is 0 Å². The van der Waals surface area contributed by atoms with Crippen LogP contribution in [-0.4, -0.2) is 14.5 Å². The van der Waals surface area contributed by atoms with Crippen molar-refractivity contribution >= 4 is 0 Å². The van der Waals surface area contributed by atoms with E-state index >= 15 is 0 Å². The minimum atomic E-state index is 0.879. The highest BCUT2D eigenvalue weighted by Gasteiger charge is 2.01. The Morgan fingerprint density at radius 2 is 1.52 bits per heavy atom. The number of benzene rings is 2. The van der Waals surface area contributed by atoms with Gasteiger partial charge in [-0.2, -0.15) is 0 Å². The maximum absolute atomic E-state index is 4.61. The highest BCUT2D eigenvalue weighted by Crippen LogP contribution is 2.17. The molecule has 2 heterocycles. The topological polar surface area (TPSA) is 30.7 Å². The molecule has 0 aliphatic heterocycles. The molecule has 0 saturated heterocycles. The van der Waals surface area contributed by atoms with Crippen LogP contribution in [0.2, 0.25) is 0 Å². The number of pyridine rings is 1. The summed E-state index contributed by atoms with van der Waals surface area (Å²) in [5, 5.41) is 0. The fourth-order valence-electron chi connectivity index (χ4n) is 2.45. The summed E-state index contributed by atoms with van der Waals surface area (Å²) in [4.78, 5) is 8.63. The average molecular weight is 327 g/mol. The fourth-order valence-corrected chi connectivity index (χ4v) is 2.45. The van der Waals surface area contributed by atoms with Crippen LogP contribution < -0.4 is 0 Å². The third-order valence-corrected chi connectivity index (χ3v) is 3.82. The Bertz CT molecular complexity index is 870. The maximum Gasteiger partial charge on any atom is 0.138 e. The minimum Gasteiger partial charge on any atom is -0.291 e. The fraction of sp³-hybridized carbons (Fsp3) is 0.0909. The van der Waals surface area contributed by atoms with E-state index in [1.807, 2.05) is 53.2 Å². The quantitative estimate of drug-likeness (QED) is 0.519. The first-order chi connectivity index (χ1) is 12.4. The molecular formula is C22H21N3. The summed E-state index contributed by atoms with van der Waals surface area (Å²) in [7, 11) is 0. The molecule has 0 aliphatic rings. The van der Waals surface area contributed by atoms with Crippen molar-refractivity contribution < 1.29 is 0 Å². The Balaban J connectivity index is 0.000000192. The Labute approximate surface area is 148 Å². The molecule has 124 valence electrons. The summed E-state index contributed by atoms with van der Waals surface area (Å²) in [5.41, 5.74) is 3.50. The molecule has 2 aromatic heterocycles. The van der Waals surface area contributed by atoms with Gasteiger partial charge in [-0.25, -0.2) is 9.97 Å². The molecule has 0 spiro atoms.